The Labute approximate surface area is 179 Å². The number of carboxylic acids is 1. The minimum Gasteiger partial charge on any atom is -0.475 e. The number of halogens is 3. The molecule has 6 nitrogen and oxygen atoms in total. The molecule has 0 radical (unpaired) electrons. The number of aliphatic carboxylic acids is 1. The van der Waals surface area contributed by atoms with Gasteiger partial charge in [-0.05, 0) is 36.6 Å². The van der Waals surface area contributed by atoms with Crippen molar-refractivity contribution < 1.29 is 27.9 Å². The number of thioether (sulfide) groups is 1. The van der Waals surface area contributed by atoms with Crippen molar-refractivity contribution in [2.45, 2.75) is 17.5 Å². The molecule has 1 amide bonds. The van der Waals surface area contributed by atoms with Gasteiger partial charge in [-0.1, -0.05) is 12.1 Å². The Morgan fingerprint density at radius 2 is 1.81 bits per heavy atom. The molecule has 1 aromatic carbocycles. The molecule has 10 heteroatoms. The standard InChI is InChI=1S/C19H17N3OS.C2HF3O2/c1-24-14-4-2-12(3-5-14)17-10-13(6-8-20-17)18-11-15-16(22-18)7-9-21-19(15)23;3-2(4,5)1(6)7/h2-6,8,10-11,22H,7,9H2,1H3,(H,21,23);(H,6,7). The van der Waals surface area contributed by atoms with Crippen molar-refractivity contribution in [1.82, 2.24) is 15.3 Å². The molecule has 0 fully saturated rings. The van der Waals surface area contributed by atoms with Crippen LogP contribution in [0.1, 0.15) is 16.1 Å². The van der Waals surface area contributed by atoms with Crippen LogP contribution in [-0.4, -0.2) is 45.9 Å². The van der Waals surface area contributed by atoms with E-state index in [0.29, 0.717) is 6.54 Å². The van der Waals surface area contributed by atoms with Gasteiger partial charge in [0.25, 0.3) is 5.91 Å². The zero-order valence-corrected chi connectivity index (χ0v) is 17.1. The second kappa shape index (κ2) is 9.25. The highest BCUT2D eigenvalue weighted by Crippen LogP contribution is 2.28. The first kappa shape index (κ1) is 22.4. The molecule has 0 aliphatic carbocycles. The number of pyridine rings is 1. The molecule has 0 saturated carbocycles. The van der Waals surface area contributed by atoms with Crippen molar-refractivity contribution in [3.63, 3.8) is 0 Å². The van der Waals surface area contributed by atoms with E-state index in [2.05, 4.69) is 51.9 Å². The number of rotatable bonds is 3. The fraction of sp³-hybridized carbons (Fsp3) is 0.190. The molecule has 3 heterocycles. The predicted molar refractivity (Wildman–Crippen MR) is 111 cm³/mol. The molecule has 1 aliphatic heterocycles. The van der Waals surface area contributed by atoms with Crippen LogP contribution in [0.15, 0.2) is 53.6 Å². The second-order valence-corrected chi connectivity index (χ2v) is 7.42. The van der Waals surface area contributed by atoms with Crippen LogP contribution in [-0.2, 0) is 11.2 Å². The number of carbonyl (C=O) groups excluding carboxylic acids is 1. The largest absolute Gasteiger partial charge is 0.490 e. The topological polar surface area (TPSA) is 95.1 Å². The molecule has 4 rings (SSSR count). The third-order valence-corrected chi connectivity index (χ3v) is 5.25. The van der Waals surface area contributed by atoms with Crippen LogP contribution in [0, 0.1) is 0 Å². The zero-order chi connectivity index (χ0) is 22.6. The van der Waals surface area contributed by atoms with Gasteiger partial charge in [0.1, 0.15) is 0 Å². The Kier molecular flexibility index (Phi) is 6.69. The number of amides is 1. The van der Waals surface area contributed by atoms with Crippen LogP contribution < -0.4 is 5.32 Å². The van der Waals surface area contributed by atoms with Gasteiger partial charge in [0.15, 0.2) is 0 Å². The second-order valence-electron chi connectivity index (χ2n) is 6.54. The summed E-state index contributed by atoms with van der Waals surface area (Å²) < 4.78 is 31.7. The van der Waals surface area contributed by atoms with Crippen molar-refractivity contribution in [2.75, 3.05) is 12.8 Å². The highest BCUT2D eigenvalue weighted by molar-refractivity contribution is 7.98. The Bertz CT molecular complexity index is 1100. The monoisotopic (exact) mass is 449 g/mol. The van der Waals surface area contributed by atoms with Gasteiger partial charge in [-0.3, -0.25) is 9.78 Å². The number of nitrogens with one attached hydrogen (secondary N) is 2. The summed E-state index contributed by atoms with van der Waals surface area (Å²) in [6, 6.07) is 14.3. The predicted octanol–water partition coefficient (Wildman–Crippen LogP) is 4.38. The van der Waals surface area contributed by atoms with Crippen molar-refractivity contribution in [3.05, 3.63) is 59.9 Å². The number of carbonyl (C=O) groups is 2. The van der Waals surface area contributed by atoms with Crippen molar-refractivity contribution in [1.29, 1.82) is 0 Å². The van der Waals surface area contributed by atoms with Crippen LogP contribution in [0.4, 0.5) is 13.2 Å². The Morgan fingerprint density at radius 3 is 2.39 bits per heavy atom. The third kappa shape index (κ3) is 5.46. The number of hydrogen-bond acceptors (Lipinski definition) is 4. The van der Waals surface area contributed by atoms with E-state index < -0.39 is 12.1 Å². The molecule has 0 spiro atoms. The lowest BCUT2D eigenvalue weighted by atomic mass is 10.1. The summed E-state index contributed by atoms with van der Waals surface area (Å²) in [5.41, 5.74) is 5.77. The minimum atomic E-state index is -5.08. The summed E-state index contributed by atoms with van der Waals surface area (Å²) in [7, 11) is 0. The first-order valence-electron chi connectivity index (χ1n) is 9.10. The van der Waals surface area contributed by atoms with Crippen molar-refractivity contribution >= 4 is 23.6 Å². The number of aromatic amines is 1. The minimum absolute atomic E-state index is 0.000633. The van der Waals surface area contributed by atoms with Crippen LogP contribution in [0.2, 0.25) is 0 Å². The summed E-state index contributed by atoms with van der Waals surface area (Å²) in [5, 5.41) is 10.0. The van der Waals surface area contributed by atoms with Gasteiger partial charge in [-0.15, -0.1) is 11.8 Å². The molecular weight excluding hydrogens is 431 g/mol. The molecule has 2 aromatic heterocycles. The lowest BCUT2D eigenvalue weighted by Crippen LogP contribution is -2.31. The zero-order valence-electron chi connectivity index (χ0n) is 16.3. The number of H-pyrrole nitrogens is 1. The smallest absolute Gasteiger partial charge is 0.475 e. The molecule has 0 atom stereocenters. The highest BCUT2D eigenvalue weighted by atomic mass is 32.2. The van der Waals surface area contributed by atoms with Gasteiger partial charge in [-0.2, -0.15) is 13.2 Å². The number of aromatic nitrogens is 2. The summed E-state index contributed by atoms with van der Waals surface area (Å²) >= 11 is 1.72. The average Bonchev–Trinajstić information content (AvgIpc) is 3.20. The van der Waals surface area contributed by atoms with Crippen molar-refractivity contribution in [3.8, 4) is 22.5 Å². The van der Waals surface area contributed by atoms with Gasteiger partial charge < -0.3 is 15.4 Å². The number of carboxylic acid groups (broad SMARTS) is 1. The molecule has 3 aromatic rings. The Morgan fingerprint density at radius 1 is 1.13 bits per heavy atom. The van der Waals surface area contributed by atoms with E-state index in [1.165, 1.54) is 4.90 Å². The summed E-state index contributed by atoms with van der Waals surface area (Å²) in [6.07, 6.45) is -0.362. The first-order chi connectivity index (χ1) is 14.7. The van der Waals surface area contributed by atoms with Gasteiger partial charge in [0, 0.05) is 46.6 Å². The maximum atomic E-state index is 11.9. The maximum absolute atomic E-state index is 11.9. The summed E-state index contributed by atoms with van der Waals surface area (Å²) in [6.45, 7) is 0.690. The number of benzene rings is 1. The number of alkyl halides is 3. The summed E-state index contributed by atoms with van der Waals surface area (Å²) in [5.74, 6) is -2.76. The van der Waals surface area contributed by atoms with Gasteiger partial charge in [0.05, 0.1) is 11.3 Å². The summed E-state index contributed by atoms with van der Waals surface area (Å²) in [4.78, 5) is 29.9. The van der Waals surface area contributed by atoms with Gasteiger partial charge in [-0.25, -0.2) is 4.79 Å². The van der Waals surface area contributed by atoms with E-state index in [9.17, 15) is 18.0 Å². The highest BCUT2D eigenvalue weighted by Gasteiger charge is 2.38. The lowest BCUT2D eigenvalue weighted by Gasteiger charge is -2.10. The number of hydrogen-bond donors (Lipinski definition) is 3. The molecule has 162 valence electrons. The van der Waals surface area contributed by atoms with E-state index in [0.717, 1.165) is 40.2 Å². The molecule has 0 saturated heterocycles. The van der Waals surface area contributed by atoms with E-state index in [1.807, 2.05) is 18.3 Å². The Hall–Kier alpha value is -3.27. The molecule has 0 unspecified atom stereocenters. The van der Waals surface area contributed by atoms with Crippen LogP contribution in [0.3, 0.4) is 0 Å². The quantitative estimate of drug-likeness (QED) is 0.516. The van der Waals surface area contributed by atoms with Crippen LogP contribution >= 0.6 is 11.8 Å². The fourth-order valence-electron chi connectivity index (χ4n) is 2.97. The number of nitrogens with zero attached hydrogens (tertiary/aromatic N) is 1. The molecular formula is C21H18F3N3O3S. The normalized spacial score (nSPS) is 13.0. The van der Waals surface area contributed by atoms with E-state index in [-0.39, 0.29) is 5.91 Å². The number of fused-ring (bicyclic) bond motifs is 1. The average molecular weight is 449 g/mol. The lowest BCUT2D eigenvalue weighted by molar-refractivity contribution is -0.192. The van der Waals surface area contributed by atoms with Crippen LogP contribution in [0.5, 0.6) is 0 Å². The molecule has 0 bridgehead atoms. The Balaban J connectivity index is 0.000000339. The van der Waals surface area contributed by atoms with E-state index in [1.54, 1.807) is 11.8 Å². The van der Waals surface area contributed by atoms with Gasteiger partial charge in [0.2, 0.25) is 0 Å². The van der Waals surface area contributed by atoms with Crippen LogP contribution in [0.25, 0.3) is 22.5 Å². The van der Waals surface area contributed by atoms with E-state index in [4.69, 9.17) is 9.90 Å². The molecule has 31 heavy (non-hydrogen) atoms. The molecule has 3 N–H and O–H groups in total. The third-order valence-electron chi connectivity index (χ3n) is 4.50. The maximum Gasteiger partial charge on any atom is 0.490 e. The SMILES string of the molecule is CSc1ccc(-c2cc(-c3cc4c([nH]3)CCNC4=O)ccn2)cc1.O=C(O)C(F)(F)F. The molecule has 1 aliphatic rings. The van der Waals surface area contributed by atoms with Crippen molar-refractivity contribution in [2.24, 2.45) is 0 Å². The van der Waals surface area contributed by atoms with E-state index >= 15 is 0 Å². The first-order valence-corrected chi connectivity index (χ1v) is 10.3. The fourth-order valence-corrected chi connectivity index (χ4v) is 3.37. The van der Waals surface area contributed by atoms with Gasteiger partial charge >= 0.3 is 12.1 Å².